The number of rotatable bonds is 36. The van der Waals surface area contributed by atoms with Crippen LogP contribution in [-0.4, -0.2) is 47.6 Å². The van der Waals surface area contributed by atoms with Gasteiger partial charge in [-0.3, -0.25) is 9.59 Å². The van der Waals surface area contributed by atoms with E-state index in [0.717, 1.165) is 51.4 Å². The molecular weight excluding hydrogens is 598 g/mol. The molecule has 0 aliphatic heterocycles. The van der Waals surface area contributed by atoms with Crippen LogP contribution in [0.5, 0.6) is 0 Å². The number of carbonyl (C=O) groups is 2. The third kappa shape index (κ3) is 31.6. The van der Waals surface area contributed by atoms with E-state index in [-0.39, 0.29) is 25.1 Å². The van der Waals surface area contributed by atoms with E-state index in [1.165, 1.54) is 116 Å². The van der Waals surface area contributed by atoms with Gasteiger partial charge in [-0.2, -0.15) is 0 Å². The van der Waals surface area contributed by atoms with Crippen molar-refractivity contribution in [1.29, 1.82) is 0 Å². The second-order valence-corrected chi connectivity index (χ2v) is 13.8. The van der Waals surface area contributed by atoms with Gasteiger partial charge in [0.2, 0.25) is 0 Å². The summed E-state index contributed by atoms with van der Waals surface area (Å²) in [6, 6.07) is 0. The summed E-state index contributed by atoms with van der Waals surface area (Å²) in [5.41, 5.74) is 0. The van der Waals surface area contributed by atoms with E-state index in [0.29, 0.717) is 12.8 Å². The number of unbranched alkanes of at least 4 members (excludes halogenated alkanes) is 22. The number of hydrogen-bond donors (Lipinski definition) is 1. The molecule has 0 saturated heterocycles. The number of aliphatic hydroxyl groups is 1. The lowest BCUT2D eigenvalue weighted by Gasteiger charge is -2.32. The van der Waals surface area contributed by atoms with Gasteiger partial charge in [0.1, 0.15) is 0 Å². The van der Waals surface area contributed by atoms with Crippen LogP contribution in [0, 0.1) is 0 Å². The number of hydrogen-bond acceptors (Lipinski definition) is 6. The first-order valence-electron chi connectivity index (χ1n) is 20.5. The van der Waals surface area contributed by atoms with Crippen molar-refractivity contribution in [1.82, 2.24) is 4.90 Å². The van der Waals surface area contributed by atoms with Crippen LogP contribution in [-0.2, 0) is 19.1 Å². The highest BCUT2D eigenvalue weighted by atomic mass is 16.6. The van der Waals surface area contributed by atoms with Crippen molar-refractivity contribution in [2.75, 3.05) is 13.2 Å². The van der Waals surface area contributed by atoms with Gasteiger partial charge in [0.15, 0.2) is 12.5 Å². The summed E-state index contributed by atoms with van der Waals surface area (Å²) in [6.07, 6.45) is 40.7. The number of nitrogens with zero attached hydrogens (tertiary/aromatic N) is 1. The zero-order valence-electron chi connectivity index (χ0n) is 32.2. The van der Waals surface area contributed by atoms with Crippen LogP contribution in [0.1, 0.15) is 207 Å². The fourth-order valence-corrected chi connectivity index (χ4v) is 6.09. The smallest absolute Gasteiger partial charge is 0.307 e. The van der Waals surface area contributed by atoms with Crippen LogP contribution in [0.3, 0.4) is 0 Å². The zero-order valence-corrected chi connectivity index (χ0v) is 32.2. The van der Waals surface area contributed by atoms with Crippen LogP contribution >= 0.6 is 0 Å². The van der Waals surface area contributed by atoms with Crippen LogP contribution in [0.2, 0.25) is 0 Å². The van der Waals surface area contributed by atoms with Crippen LogP contribution < -0.4 is 0 Å². The van der Waals surface area contributed by atoms with E-state index in [2.05, 4.69) is 38.2 Å². The molecule has 0 rings (SSSR count). The Hall–Kier alpha value is -1.66. The van der Waals surface area contributed by atoms with E-state index >= 15 is 0 Å². The van der Waals surface area contributed by atoms with Crippen molar-refractivity contribution < 1.29 is 24.2 Å². The minimum atomic E-state index is -0.574. The average molecular weight is 678 g/mol. The Morgan fingerprint density at radius 1 is 0.500 bits per heavy atom. The third-order valence-corrected chi connectivity index (χ3v) is 9.18. The van der Waals surface area contributed by atoms with Crippen LogP contribution in [0.4, 0.5) is 0 Å². The zero-order chi connectivity index (χ0) is 35.3. The molecule has 0 amide bonds. The number of carbonyl (C=O) groups excluding carboxylic acids is 2. The maximum absolute atomic E-state index is 12.5. The molecule has 6 heteroatoms. The molecule has 48 heavy (non-hydrogen) atoms. The van der Waals surface area contributed by atoms with Gasteiger partial charge in [0.25, 0.3) is 0 Å². The van der Waals surface area contributed by atoms with Gasteiger partial charge in [-0.15, -0.1) is 0 Å². The summed E-state index contributed by atoms with van der Waals surface area (Å²) in [5.74, 6) is -0.482. The Morgan fingerprint density at radius 3 is 1.10 bits per heavy atom. The maximum atomic E-state index is 12.5. The summed E-state index contributed by atoms with van der Waals surface area (Å²) in [6.45, 7) is 8.24. The number of esters is 2. The molecule has 0 fully saturated rings. The SMILES string of the molecule is CCCCCCCCC=CCCCCCCCC(=O)OC(C)N(CCO)C(C)OC(=O)CCCCCCCC=CCCCCCCCC. The van der Waals surface area contributed by atoms with Crippen LogP contribution in [0.25, 0.3) is 0 Å². The topological polar surface area (TPSA) is 76.1 Å². The lowest BCUT2D eigenvalue weighted by molar-refractivity contribution is -0.181. The van der Waals surface area contributed by atoms with Gasteiger partial charge < -0.3 is 14.6 Å². The molecule has 0 aromatic rings. The normalized spacial score (nSPS) is 13.1. The molecule has 282 valence electrons. The molecule has 0 aliphatic carbocycles. The molecule has 0 radical (unpaired) electrons. The summed E-state index contributed by atoms with van der Waals surface area (Å²) < 4.78 is 11.3. The van der Waals surface area contributed by atoms with Crippen molar-refractivity contribution in [2.45, 2.75) is 220 Å². The molecule has 2 unspecified atom stereocenters. The van der Waals surface area contributed by atoms with Gasteiger partial charge in [-0.25, -0.2) is 4.90 Å². The van der Waals surface area contributed by atoms with Gasteiger partial charge >= 0.3 is 11.9 Å². The van der Waals surface area contributed by atoms with E-state index in [1.54, 1.807) is 18.7 Å². The second kappa shape index (κ2) is 36.6. The first kappa shape index (κ1) is 46.3. The molecular formula is C42H79NO5. The Labute approximate surface area is 297 Å². The first-order valence-corrected chi connectivity index (χ1v) is 20.5. The Bertz CT molecular complexity index is 707. The number of allylic oxidation sites excluding steroid dienone is 4. The maximum Gasteiger partial charge on any atom is 0.307 e. The minimum Gasteiger partial charge on any atom is -0.447 e. The van der Waals surface area contributed by atoms with E-state index in [1.807, 2.05) is 0 Å². The van der Waals surface area contributed by atoms with Gasteiger partial charge in [-0.05, 0) is 78.1 Å². The van der Waals surface area contributed by atoms with Crippen molar-refractivity contribution >= 4 is 11.9 Å². The van der Waals surface area contributed by atoms with Crippen molar-refractivity contribution in [3.63, 3.8) is 0 Å². The lowest BCUT2D eigenvalue weighted by Crippen LogP contribution is -2.46. The average Bonchev–Trinajstić information content (AvgIpc) is 3.06. The fraction of sp³-hybridized carbons (Fsp3) is 0.857. The van der Waals surface area contributed by atoms with Crippen molar-refractivity contribution in [3.8, 4) is 0 Å². The predicted molar refractivity (Wildman–Crippen MR) is 204 cm³/mol. The molecule has 0 aliphatic rings. The fourth-order valence-electron chi connectivity index (χ4n) is 6.09. The van der Waals surface area contributed by atoms with Crippen molar-refractivity contribution in [2.24, 2.45) is 0 Å². The highest BCUT2D eigenvalue weighted by Gasteiger charge is 2.25. The first-order chi connectivity index (χ1) is 23.5. The highest BCUT2D eigenvalue weighted by molar-refractivity contribution is 5.70. The number of ether oxygens (including phenoxy) is 2. The molecule has 1 N–H and O–H groups in total. The highest BCUT2D eigenvalue weighted by Crippen LogP contribution is 2.15. The third-order valence-electron chi connectivity index (χ3n) is 9.18. The van der Waals surface area contributed by atoms with E-state index < -0.39 is 12.5 Å². The molecule has 0 aromatic heterocycles. The minimum absolute atomic E-state index is 0.105. The Balaban J connectivity index is 3.92. The van der Waals surface area contributed by atoms with E-state index in [9.17, 15) is 14.7 Å². The quantitative estimate of drug-likeness (QED) is 0.0308. The number of aliphatic hydroxyl groups excluding tert-OH is 1. The molecule has 2 atom stereocenters. The molecule has 0 aromatic carbocycles. The Morgan fingerprint density at radius 2 is 0.792 bits per heavy atom. The van der Waals surface area contributed by atoms with Crippen LogP contribution in [0.15, 0.2) is 24.3 Å². The van der Waals surface area contributed by atoms with Gasteiger partial charge in [0, 0.05) is 19.4 Å². The monoisotopic (exact) mass is 678 g/mol. The molecule has 0 heterocycles. The summed E-state index contributed by atoms with van der Waals surface area (Å²) >= 11 is 0. The predicted octanol–water partition coefficient (Wildman–Crippen LogP) is 12.1. The standard InChI is InChI=1S/C42H79NO5/c1-5-7-9-11-13-15-17-19-21-23-25-27-29-31-33-35-41(45)47-39(3)43(37-38-44)40(4)48-42(46)36-34-32-30-28-26-24-22-20-18-16-14-12-10-8-6-2/h19-22,39-40,44H,5-18,23-38H2,1-4H3. The summed E-state index contributed by atoms with van der Waals surface area (Å²) in [5, 5.41) is 9.58. The molecule has 0 saturated carbocycles. The lowest BCUT2D eigenvalue weighted by atomic mass is 10.1. The summed E-state index contributed by atoms with van der Waals surface area (Å²) in [7, 11) is 0. The molecule has 0 spiro atoms. The molecule has 6 nitrogen and oxygen atoms in total. The second-order valence-electron chi connectivity index (χ2n) is 13.8. The largest absolute Gasteiger partial charge is 0.447 e. The molecule has 0 bridgehead atoms. The Kier molecular flexibility index (Phi) is 35.3. The van der Waals surface area contributed by atoms with Gasteiger partial charge in [-0.1, -0.05) is 141 Å². The van der Waals surface area contributed by atoms with E-state index in [4.69, 9.17) is 9.47 Å². The van der Waals surface area contributed by atoms with Crippen molar-refractivity contribution in [3.05, 3.63) is 24.3 Å². The van der Waals surface area contributed by atoms with Gasteiger partial charge in [0.05, 0.1) is 6.61 Å². The summed E-state index contributed by atoms with van der Waals surface area (Å²) in [4.78, 5) is 26.7.